The van der Waals surface area contributed by atoms with Crippen LogP contribution in [0.5, 0.6) is 5.75 Å². The Morgan fingerprint density at radius 2 is 2.28 bits per heavy atom. The number of aliphatic hydroxyl groups excluding tert-OH is 1. The van der Waals surface area contributed by atoms with Crippen LogP contribution < -0.4 is 4.74 Å². The number of fused-ring (bicyclic) bond motifs is 1. The Hall–Kier alpha value is -1.59. The van der Waals surface area contributed by atoms with Gasteiger partial charge < -0.3 is 19.3 Å². The number of aliphatic hydroxyl groups is 1. The Kier molecular flexibility index (Phi) is 3.84. The van der Waals surface area contributed by atoms with Gasteiger partial charge in [-0.1, -0.05) is 0 Å². The van der Waals surface area contributed by atoms with E-state index in [0.717, 1.165) is 0 Å². The quantitative estimate of drug-likeness (QED) is 0.818. The summed E-state index contributed by atoms with van der Waals surface area (Å²) >= 11 is 0. The summed E-state index contributed by atoms with van der Waals surface area (Å²) in [7, 11) is 2.90. The smallest absolute Gasteiger partial charge is 0.337 e. The number of esters is 1. The second kappa shape index (κ2) is 5.37. The summed E-state index contributed by atoms with van der Waals surface area (Å²) < 4.78 is 15.2. The molecule has 0 bridgehead atoms. The minimum Gasteiger partial charge on any atom is -0.493 e. The van der Waals surface area contributed by atoms with Crippen molar-refractivity contribution in [2.24, 2.45) is 5.92 Å². The maximum atomic E-state index is 11.4. The molecule has 2 unspecified atom stereocenters. The fourth-order valence-electron chi connectivity index (χ4n) is 2.05. The third kappa shape index (κ3) is 2.32. The first-order chi connectivity index (χ1) is 8.67. The summed E-state index contributed by atoms with van der Waals surface area (Å²) in [5, 5.41) is 10.2. The van der Waals surface area contributed by atoms with E-state index in [4.69, 9.17) is 9.47 Å². The molecule has 0 saturated heterocycles. The van der Waals surface area contributed by atoms with Gasteiger partial charge in [0, 0.05) is 18.6 Å². The number of benzene rings is 1. The Labute approximate surface area is 105 Å². The Morgan fingerprint density at radius 1 is 1.50 bits per heavy atom. The molecule has 2 rings (SSSR count). The van der Waals surface area contributed by atoms with Gasteiger partial charge in [0.05, 0.1) is 32.0 Å². The number of hydrogen-bond acceptors (Lipinski definition) is 5. The van der Waals surface area contributed by atoms with Crippen molar-refractivity contribution < 1.29 is 24.1 Å². The second-order valence-corrected chi connectivity index (χ2v) is 4.22. The second-order valence-electron chi connectivity index (χ2n) is 4.22. The van der Waals surface area contributed by atoms with Crippen molar-refractivity contribution in [1.29, 1.82) is 0 Å². The molecular weight excluding hydrogens is 236 g/mol. The van der Waals surface area contributed by atoms with Crippen LogP contribution in [0.15, 0.2) is 18.2 Å². The molecule has 18 heavy (non-hydrogen) atoms. The zero-order valence-corrected chi connectivity index (χ0v) is 10.4. The van der Waals surface area contributed by atoms with E-state index in [9.17, 15) is 9.90 Å². The molecule has 0 radical (unpaired) electrons. The third-order valence-electron chi connectivity index (χ3n) is 3.03. The van der Waals surface area contributed by atoms with Crippen LogP contribution in [-0.2, 0) is 9.47 Å². The lowest BCUT2D eigenvalue weighted by Crippen LogP contribution is -2.29. The van der Waals surface area contributed by atoms with Gasteiger partial charge in [-0.25, -0.2) is 4.79 Å². The molecule has 2 atom stereocenters. The lowest BCUT2D eigenvalue weighted by molar-refractivity contribution is 0.00486. The molecule has 0 saturated carbocycles. The molecule has 98 valence electrons. The van der Waals surface area contributed by atoms with Gasteiger partial charge >= 0.3 is 5.97 Å². The van der Waals surface area contributed by atoms with Gasteiger partial charge in [-0.2, -0.15) is 0 Å². The molecule has 1 aliphatic heterocycles. The van der Waals surface area contributed by atoms with Crippen LogP contribution in [0, 0.1) is 5.92 Å². The van der Waals surface area contributed by atoms with Crippen molar-refractivity contribution in [3.05, 3.63) is 29.3 Å². The van der Waals surface area contributed by atoms with Gasteiger partial charge in [0.1, 0.15) is 5.75 Å². The number of methoxy groups -OCH3 is 2. The van der Waals surface area contributed by atoms with Gasteiger partial charge in [0.15, 0.2) is 0 Å². The van der Waals surface area contributed by atoms with Crippen LogP contribution in [0.1, 0.15) is 22.0 Å². The predicted molar refractivity (Wildman–Crippen MR) is 63.6 cm³/mol. The highest BCUT2D eigenvalue weighted by Crippen LogP contribution is 2.36. The number of ether oxygens (including phenoxy) is 3. The van der Waals surface area contributed by atoms with Crippen molar-refractivity contribution in [2.75, 3.05) is 27.4 Å². The predicted octanol–water partition coefficient (Wildman–Crippen LogP) is 1.16. The molecular formula is C13H16O5. The van der Waals surface area contributed by atoms with Gasteiger partial charge in [-0.05, 0) is 18.2 Å². The van der Waals surface area contributed by atoms with Crippen LogP contribution in [0.3, 0.4) is 0 Å². The van der Waals surface area contributed by atoms with E-state index in [1.54, 1.807) is 25.3 Å². The molecule has 1 aliphatic rings. The Morgan fingerprint density at radius 3 is 2.94 bits per heavy atom. The van der Waals surface area contributed by atoms with E-state index in [0.29, 0.717) is 30.1 Å². The van der Waals surface area contributed by atoms with Crippen LogP contribution in [-0.4, -0.2) is 38.5 Å². The minimum atomic E-state index is -0.696. The third-order valence-corrected chi connectivity index (χ3v) is 3.03. The topological polar surface area (TPSA) is 65.0 Å². The summed E-state index contributed by atoms with van der Waals surface area (Å²) in [5.74, 6) is 0.0387. The maximum Gasteiger partial charge on any atom is 0.337 e. The van der Waals surface area contributed by atoms with Gasteiger partial charge in [0.25, 0.3) is 0 Å². The lowest BCUT2D eigenvalue weighted by Gasteiger charge is -2.30. The molecule has 0 aliphatic carbocycles. The van der Waals surface area contributed by atoms with E-state index < -0.39 is 12.1 Å². The highest BCUT2D eigenvalue weighted by molar-refractivity contribution is 5.89. The number of hydrogen-bond donors (Lipinski definition) is 1. The van der Waals surface area contributed by atoms with Crippen LogP contribution >= 0.6 is 0 Å². The molecule has 0 spiro atoms. The van der Waals surface area contributed by atoms with Gasteiger partial charge in [-0.15, -0.1) is 0 Å². The summed E-state index contributed by atoms with van der Waals surface area (Å²) in [6.45, 7) is 0.808. The van der Waals surface area contributed by atoms with Crippen LogP contribution in [0.4, 0.5) is 0 Å². The fourth-order valence-corrected chi connectivity index (χ4v) is 2.05. The van der Waals surface area contributed by atoms with Crippen molar-refractivity contribution in [2.45, 2.75) is 6.10 Å². The summed E-state index contributed by atoms with van der Waals surface area (Å²) in [4.78, 5) is 11.4. The highest BCUT2D eigenvalue weighted by atomic mass is 16.5. The first-order valence-corrected chi connectivity index (χ1v) is 5.69. The summed E-state index contributed by atoms with van der Waals surface area (Å²) in [5.41, 5.74) is 1.00. The molecule has 1 aromatic carbocycles. The zero-order chi connectivity index (χ0) is 13.1. The zero-order valence-electron chi connectivity index (χ0n) is 10.4. The number of carbonyl (C=O) groups is 1. The monoisotopic (exact) mass is 252 g/mol. The van der Waals surface area contributed by atoms with Crippen molar-refractivity contribution in [3.8, 4) is 5.75 Å². The van der Waals surface area contributed by atoms with Crippen molar-refractivity contribution in [1.82, 2.24) is 0 Å². The fraction of sp³-hybridized carbons (Fsp3) is 0.462. The molecule has 1 aromatic rings. The molecule has 1 heterocycles. The van der Waals surface area contributed by atoms with E-state index in [-0.39, 0.29) is 5.92 Å². The summed E-state index contributed by atoms with van der Waals surface area (Å²) in [6.07, 6.45) is -0.696. The summed E-state index contributed by atoms with van der Waals surface area (Å²) in [6, 6.07) is 4.90. The van der Waals surface area contributed by atoms with Crippen molar-refractivity contribution in [3.63, 3.8) is 0 Å². The van der Waals surface area contributed by atoms with Crippen molar-refractivity contribution >= 4 is 5.97 Å². The lowest BCUT2D eigenvalue weighted by atomic mass is 9.92. The Balaban J connectivity index is 2.30. The largest absolute Gasteiger partial charge is 0.493 e. The normalized spacial score (nSPS) is 21.9. The minimum absolute atomic E-state index is 0.129. The molecule has 1 N–H and O–H groups in total. The van der Waals surface area contributed by atoms with Gasteiger partial charge in [0.2, 0.25) is 0 Å². The molecule has 0 amide bonds. The highest BCUT2D eigenvalue weighted by Gasteiger charge is 2.30. The average Bonchev–Trinajstić information content (AvgIpc) is 2.41. The first-order valence-electron chi connectivity index (χ1n) is 5.69. The maximum absolute atomic E-state index is 11.4. The van der Waals surface area contributed by atoms with E-state index in [1.165, 1.54) is 7.11 Å². The van der Waals surface area contributed by atoms with E-state index in [2.05, 4.69) is 4.74 Å². The number of carbonyl (C=O) groups excluding carboxylic acids is 1. The van der Waals surface area contributed by atoms with Crippen LogP contribution in [0.25, 0.3) is 0 Å². The molecule has 5 heteroatoms. The van der Waals surface area contributed by atoms with Crippen LogP contribution in [0.2, 0.25) is 0 Å². The van der Waals surface area contributed by atoms with Gasteiger partial charge in [-0.3, -0.25) is 0 Å². The Bertz CT molecular complexity index is 443. The van der Waals surface area contributed by atoms with E-state index >= 15 is 0 Å². The first kappa shape index (κ1) is 12.9. The standard InChI is InChI=1S/C13H16O5/c1-16-6-9-7-18-11-4-3-8(13(15)17-2)5-10(11)12(9)14/h3-5,9,12,14H,6-7H2,1-2H3. The molecule has 0 aromatic heterocycles. The SMILES string of the molecule is COCC1COc2ccc(C(=O)OC)cc2C1O. The van der Waals surface area contributed by atoms with E-state index in [1.807, 2.05) is 0 Å². The molecule has 0 fully saturated rings. The average molecular weight is 252 g/mol. The molecule has 5 nitrogen and oxygen atoms in total. The number of rotatable bonds is 3.